The van der Waals surface area contributed by atoms with Crippen LogP contribution in [0.2, 0.25) is 0 Å². The Balaban J connectivity index is 1.56. The van der Waals surface area contributed by atoms with Gasteiger partial charge in [-0.1, -0.05) is 0 Å². The van der Waals surface area contributed by atoms with Gasteiger partial charge < -0.3 is 19.7 Å². The van der Waals surface area contributed by atoms with Gasteiger partial charge in [0, 0.05) is 44.6 Å². The molecule has 2 heterocycles. The molecule has 1 fully saturated rings. The molecule has 6 nitrogen and oxygen atoms in total. The molecule has 0 radical (unpaired) electrons. The summed E-state index contributed by atoms with van der Waals surface area (Å²) in [5.41, 5.74) is 2.23. The monoisotopic (exact) mass is 344 g/mol. The van der Waals surface area contributed by atoms with E-state index in [1.807, 2.05) is 30.7 Å². The van der Waals surface area contributed by atoms with E-state index in [-0.39, 0.29) is 17.8 Å². The summed E-state index contributed by atoms with van der Waals surface area (Å²) in [6.07, 6.45) is 0. The first-order chi connectivity index (χ1) is 12.0. The summed E-state index contributed by atoms with van der Waals surface area (Å²) < 4.78 is 14.8. The number of amides is 3. The van der Waals surface area contributed by atoms with E-state index in [1.165, 1.54) is 24.3 Å². The van der Waals surface area contributed by atoms with Gasteiger partial charge in [-0.25, -0.2) is 9.18 Å². The second kappa shape index (κ2) is 6.96. The highest BCUT2D eigenvalue weighted by Crippen LogP contribution is 2.13. The van der Waals surface area contributed by atoms with E-state index >= 15 is 0 Å². The lowest BCUT2D eigenvalue weighted by atomic mass is 10.2. The lowest BCUT2D eigenvalue weighted by Gasteiger charge is -2.34. The number of anilines is 1. The Morgan fingerprint density at radius 2 is 1.56 bits per heavy atom. The van der Waals surface area contributed by atoms with Gasteiger partial charge in [0.1, 0.15) is 11.5 Å². The van der Waals surface area contributed by atoms with Gasteiger partial charge >= 0.3 is 6.03 Å². The van der Waals surface area contributed by atoms with Crippen LogP contribution in [-0.4, -0.2) is 52.5 Å². The zero-order valence-electron chi connectivity index (χ0n) is 14.3. The number of nitrogens with zero attached hydrogens (tertiary/aromatic N) is 3. The third kappa shape index (κ3) is 3.65. The molecule has 0 aliphatic carbocycles. The number of benzene rings is 1. The molecule has 7 heteroatoms. The average Bonchev–Trinajstić information content (AvgIpc) is 2.95. The molecule has 3 amide bonds. The molecule has 1 aliphatic heterocycles. The van der Waals surface area contributed by atoms with E-state index in [0.717, 1.165) is 5.69 Å². The van der Waals surface area contributed by atoms with Gasteiger partial charge in [0.25, 0.3) is 5.91 Å². The largest absolute Gasteiger partial charge is 0.344 e. The third-order valence-electron chi connectivity index (χ3n) is 4.54. The van der Waals surface area contributed by atoms with Crippen molar-refractivity contribution in [2.45, 2.75) is 6.92 Å². The van der Waals surface area contributed by atoms with Gasteiger partial charge in [-0.2, -0.15) is 0 Å². The molecular formula is C18H21FN4O2. The predicted octanol–water partition coefficient (Wildman–Crippen LogP) is 2.46. The topological polar surface area (TPSA) is 57.6 Å². The molecule has 132 valence electrons. The number of nitrogens with one attached hydrogen (secondary N) is 1. The van der Waals surface area contributed by atoms with Crippen molar-refractivity contribution >= 4 is 17.6 Å². The molecule has 1 N–H and O–H groups in total. The Morgan fingerprint density at radius 1 is 0.960 bits per heavy atom. The molecule has 3 rings (SSSR count). The average molecular weight is 344 g/mol. The SMILES string of the molecule is Cc1ccc(C(=O)N2CCN(C(=O)Nc3ccc(F)cc3)CC2)n1C. The molecule has 1 saturated heterocycles. The molecule has 1 aromatic carbocycles. The number of rotatable bonds is 2. The van der Waals surface area contributed by atoms with Crippen molar-refractivity contribution in [3.8, 4) is 0 Å². The molecule has 0 atom stereocenters. The minimum absolute atomic E-state index is 0.0193. The smallest absolute Gasteiger partial charge is 0.321 e. The van der Waals surface area contributed by atoms with Gasteiger partial charge in [0.2, 0.25) is 0 Å². The number of piperazine rings is 1. The first kappa shape index (κ1) is 17.0. The van der Waals surface area contributed by atoms with Gasteiger partial charge in [-0.15, -0.1) is 0 Å². The normalized spacial score (nSPS) is 14.5. The molecule has 1 aliphatic rings. The van der Waals surface area contributed by atoms with Crippen LogP contribution in [0.4, 0.5) is 14.9 Å². The summed E-state index contributed by atoms with van der Waals surface area (Å²) in [6.45, 7) is 3.85. The molecule has 0 spiro atoms. The van der Waals surface area contributed by atoms with E-state index in [4.69, 9.17) is 0 Å². The minimum atomic E-state index is -0.346. The van der Waals surface area contributed by atoms with Gasteiger partial charge in [-0.3, -0.25) is 4.79 Å². The predicted molar refractivity (Wildman–Crippen MR) is 93.0 cm³/mol. The van der Waals surface area contributed by atoms with Gasteiger partial charge in [-0.05, 0) is 43.3 Å². The van der Waals surface area contributed by atoms with Crippen LogP contribution in [0.5, 0.6) is 0 Å². The highest BCUT2D eigenvalue weighted by atomic mass is 19.1. The maximum absolute atomic E-state index is 12.9. The first-order valence-electron chi connectivity index (χ1n) is 8.19. The highest BCUT2D eigenvalue weighted by Gasteiger charge is 2.26. The number of hydrogen-bond acceptors (Lipinski definition) is 2. The molecule has 1 aromatic heterocycles. The molecular weight excluding hydrogens is 323 g/mol. The number of halogens is 1. The van der Waals surface area contributed by atoms with Crippen LogP contribution < -0.4 is 5.32 Å². The number of aryl methyl sites for hydroxylation is 1. The molecule has 0 saturated carbocycles. The lowest BCUT2D eigenvalue weighted by molar-refractivity contribution is 0.0662. The van der Waals surface area contributed by atoms with Crippen molar-refractivity contribution in [1.82, 2.24) is 14.4 Å². The molecule has 25 heavy (non-hydrogen) atoms. The standard InChI is InChI=1S/C18H21FN4O2/c1-13-3-8-16(21(13)2)17(24)22-9-11-23(12-10-22)18(25)20-15-6-4-14(19)5-7-15/h3-8H,9-12H2,1-2H3,(H,20,25). The number of hydrogen-bond donors (Lipinski definition) is 1. The van der Waals surface area contributed by atoms with Crippen molar-refractivity contribution in [3.63, 3.8) is 0 Å². The van der Waals surface area contributed by atoms with Crippen molar-refractivity contribution in [1.29, 1.82) is 0 Å². The molecule has 2 aromatic rings. The van der Waals surface area contributed by atoms with E-state index in [2.05, 4.69) is 5.32 Å². The number of urea groups is 1. The van der Waals surface area contributed by atoms with Gasteiger partial charge in [0.15, 0.2) is 0 Å². The lowest BCUT2D eigenvalue weighted by Crippen LogP contribution is -2.51. The van der Waals surface area contributed by atoms with Crippen molar-refractivity contribution in [3.05, 3.63) is 53.6 Å². The quantitative estimate of drug-likeness (QED) is 0.910. The Kier molecular flexibility index (Phi) is 4.74. The van der Waals surface area contributed by atoms with Crippen molar-refractivity contribution < 1.29 is 14.0 Å². The zero-order chi connectivity index (χ0) is 18.0. The second-order valence-electron chi connectivity index (χ2n) is 6.14. The second-order valence-corrected chi connectivity index (χ2v) is 6.14. The number of carbonyl (C=O) groups excluding carboxylic acids is 2. The maximum atomic E-state index is 12.9. The van der Waals surface area contributed by atoms with E-state index < -0.39 is 0 Å². The van der Waals surface area contributed by atoms with Crippen molar-refractivity contribution in [2.24, 2.45) is 7.05 Å². The fourth-order valence-electron chi connectivity index (χ4n) is 2.84. The Bertz CT molecular complexity index is 777. The number of aromatic nitrogens is 1. The fraction of sp³-hybridized carbons (Fsp3) is 0.333. The Labute approximate surface area is 145 Å². The summed E-state index contributed by atoms with van der Waals surface area (Å²) in [7, 11) is 1.87. The van der Waals surface area contributed by atoms with Crippen LogP contribution in [0.1, 0.15) is 16.2 Å². The fourth-order valence-corrected chi connectivity index (χ4v) is 2.84. The number of carbonyl (C=O) groups is 2. The Morgan fingerprint density at radius 3 is 2.12 bits per heavy atom. The zero-order valence-corrected chi connectivity index (χ0v) is 14.3. The van der Waals surface area contributed by atoms with Crippen LogP contribution in [-0.2, 0) is 7.05 Å². The van der Waals surface area contributed by atoms with Gasteiger partial charge in [0.05, 0.1) is 0 Å². The van der Waals surface area contributed by atoms with Crippen LogP contribution in [0.25, 0.3) is 0 Å². The minimum Gasteiger partial charge on any atom is -0.344 e. The molecule has 0 unspecified atom stereocenters. The Hall–Kier alpha value is -2.83. The van der Waals surface area contributed by atoms with Crippen LogP contribution in [0.15, 0.2) is 36.4 Å². The molecule has 0 bridgehead atoms. The summed E-state index contributed by atoms with van der Waals surface area (Å²) in [4.78, 5) is 28.3. The van der Waals surface area contributed by atoms with E-state index in [9.17, 15) is 14.0 Å². The first-order valence-corrected chi connectivity index (χ1v) is 8.19. The highest BCUT2D eigenvalue weighted by molar-refractivity contribution is 5.93. The summed E-state index contributed by atoms with van der Waals surface area (Å²) >= 11 is 0. The summed E-state index contributed by atoms with van der Waals surface area (Å²) in [5.74, 6) is -0.366. The summed E-state index contributed by atoms with van der Waals surface area (Å²) in [6, 6.07) is 9.14. The van der Waals surface area contributed by atoms with E-state index in [0.29, 0.717) is 37.6 Å². The van der Waals surface area contributed by atoms with E-state index in [1.54, 1.807) is 9.80 Å². The third-order valence-corrected chi connectivity index (χ3v) is 4.54. The van der Waals surface area contributed by atoms with Crippen LogP contribution >= 0.6 is 0 Å². The van der Waals surface area contributed by atoms with Crippen LogP contribution in [0, 0.1) is 12.7 Å². The van der Waals surface area contributed by atoms with Crippen molar-refractivity contribution in [2.75, 3.05) is 31.5 Å². The maximum Gasteiger partial charge on any atom is 0.321 e. The van der Waals surface area contributed by atoms with Crippen LogP contribution in [0.3, 0.4) is 0 Å². The summed E-state index contributed by atoms with van der Waals surface area (Å²) in [5, 5.41) is 2.74.